The molecule has 0 fully saturated rings. The Morgan fingerprint density at radius 3 is 2.38 bits per heavy atom. The van der Waals surface area contributed by atoms with Gasteiger partial charge in [0.05, 0.1) is 10.6 Å². The van der Waals surface area contributed by atoms with Crippen LogP contribution in [-0.2, 0) is 0 Å². The second-order valence-electron chi connectivity index (χ2n) is 2.49. The van der Waals surface area contributed by atoms with Crippen molar-refractivity contribution in [3.63, 3.8) is 0 Å². The van der Waals surface area contributed by atoms with Gasteiger partial charge >= 0.3 is 0 Å². The van der Waals surface area contributed by atoms with Gasteiger partial charge in [-0.2, -0.15) is 0 Å². The molecule has 1 N–H and O–H groups in total. The summed E-state index contributed by atoms with van der Waals surface area (Å²) in [6.07, 6.45) is 0. The van der Waals surface area contributed by atoms with Crippen molar-refractivity contribution >= 4 is 11.4 Å². The molecule has 0 aliphatic rings. The lowest BCUT2D eigenvalue weighted by atomic mass is 10.1. The van der Waals surface area contributed by atoms with E-state index in [4.69, 9.17) is 5.21 Å². The van der Waals surface area contributed by atoms with Crippen molar-refractivity contribution in [1.82, 2.24) is 0 Å². The predicted octanol–water partition coefficient (Wildman–Crippen LogP) is 1.79. The highest BCUT2D eigenvalue weighted by molar-refractivity contribution is 5.98. The van der Waals surface area contributed by atoms with Crippen molar-refractivity contribution in [2.24, 2.45) is 5.16 Å². The summed E-state index contributed by atoms with van der Waals surface area (Å²) in [5.41, 5.74) is 1.11. The summed E-state index contributed by atoms with van der Waals surface area (Å²) in [4.78, 5) is 9.80. The van der Waals surface area contributed by atoms with Gasteiger partial charge in [-0.15, -0.1) is 0 Å². The molecule has 1 aromatic carbocycles. The predicted molar refractivity (Wildman–Crippen MR) is 47.1 cm³/mol. The fourth-order valence-corrected chi connectivity index (χ4v) is 0.882. The minimum Gasteiger partial charge on any atom is -0.411 e. The van der Waals surface area contributed by atoms with Gasteiger partial charge in [0.2, 0.25) is 0 Å². The number of oxime groups is 1. The Hall–Kier alpha value is -1.91. The van der Waals surface area contributed by atoms with Crippen molar-refractivity contribution in [2.45, 2.75) is 6.92 Å². The Balaban J connectivity index is 3.00. The number of nitro groups is 1. The third-order valence-electron chi connectivity index (χ3n) is 1.65. The molecule has 0 aliphatic heterocycles. The molecule has 0 aliphatic carbocycles. The molecule has 0 unspecified atom stereocenters. The molecule has 0 bridgehead atoms. The second-order valence-corrected chi connectivity index (χ2v) is 2.49. The standard InChI is InChI=1S/C8H8N2O3/c1-6(9-11)7-2-4-8(5-3-7)10(12)13/h2-5,11H,1H3. The van der Waals surface area contributed by atoms with E-state index >= 15 is 0 Å². The molecule has 5 nitrogen and oxygen atoms in total. The first-order chi connectivity index (χ1) is 6.15. The zero-order valence-electron chi connectivity index (χ0n) is 6.97. The molecule has 0 spiro atoms. The first-order valence-electron chi connectivity index (χ1n) is 3.58. The van der Waals surface area contributed by atoms with E-state index in [1.807, 2.05) is 0 Å². The van der Waals surface area contributed by atoms with Gasteiger partial charge in [0, 0.05) is 12.1 Å². The van der Waals surface area contributed by atoms with Crippen LogP contribution in [0.1, 0.15) is 12.5 Å². The van der Waals surface area contributed by atoms with Crippen LogP contribution in [0.25, 0.3) is 0 Å². The summed E-state index contributed by atoms with van der Waals surface area (Å²) < 4.78 is 0. The molecule has 1 rings (SSSR count). The van der Waals surface area contributed by atoms with E-state index in [1.165, 1.54) is 24.3 Å². The van der Waals surface area contributed by atoms with Crippen LogP contribution in [0.4, 0.5) is 5.69 Å². The van der Waals surface area contributed by atoms with Gasteiger partial charge in [-0.05, 0) is 24.6 Å². The van der Waals surface area contributed by atoms with Gasteiger partial charge < -0.3 is 5.21 Å². The Bertz CT molecular complexity index is 343. The summed E-state index contributed by atoms with van der Waals surface area (Å²) in [6, 6.07) is 5.80. The molecule has 0 amide bonds. The Morgan fingerprint density at radius 1 is 1.46 bits per heavy atom. The van der Waals surface area contributed by atoms with Gasteiger partial charge in [-0.1, -0.05) is 5.16 Å². The maximum atomic E-state index is 10.3. The molecule has 68 valence electrons. The molecule has 0 saturated heterocycles. The topological polar surface area (TPSA) is 75.7 Å². The summed E-state index contributed by atoms with van der Waals surface area (Å²) in [5, 5.41) is 21.7. The Kier molecular flexibility index (Phi) is 2.59. The van der Waals surface area contributed by atoms with Gasteiger partial charge in [0.1, 0.15) is 0 Å². The molecule has 0 radical (unpaired) electrons. The van der Waals surface area contributed by atoms with Crippen LogP contribution in [0.3, 0.4) is 0 Å². The zero-order valence-corrected chi connectivity index (χ0v) is 6.97. The summed E-state index contributed by atoms with van der Waals surface area (Å²) >= 11 is 0. The van der Waals surface area contributed by atoms with Crippen LogP contribution < -0.4 is 0 Å². The molecule has 0 saturated carbocycles. The van der Waals surface area contributed by atoms with E-state index in [-0.39, 0.29) is 5.69 Å². The van der Waals surface area contributed by atoms with Gasteiger partial charge in [-0.25, -0.2) is 0 Å². The second kappa shape index (κ2) is 3.66. The van der Waals surface area contributed by atoms with Gasteiger partial charge in [0.15, 0.2) is 0 Å². The van der Waals surface area contributed by atoms with Gasteiger partial charge in [0.25, 0.3) is 5.69 Å². The van der Waals surface area contributed by atoms with Crippen molar-refractivity contribution in [3.8, 4) is 0 Å². The average molecular weight is 180 g/mol. The van der Waals surface area contributed by atoms with Crippen LogP contribution in [0.5, 0.6) is 0 Å². The molecule has 1 aromatic rings. The maximum absolute atomic E-state index is 10.3. The number of hydrogen-bond donors (Lipinski definition) is 1. The van der Waals surface area contributed by atoms with E-state index in [9.17, 15) is 10.1 Å². The van der Waals surface area contributed by atoms with Crippen LogP contribution in [0.2, 0.25) is 0 Å². The maximum Gasteiger partial charge on any atom is 0.269 e. The monoisotopic (exact) mass is 180 g/mol. The quantitative estimate of drug-likeness (QED) is 0.326. The van der Waals surface area contributed by atoms with Crippen molar-refractivity contribution in [1.29, 1.82) is 0 Å². The highest BCUT2D eigenvalue weighted by Crippen LogP contribution is 2.12. The van der Waals surface area contributed by atoms with Crippen LogP contribution in [0.15, 0.2) is 29.4 Å². The number of nitro benzene ring substituents is 1. The number of non-ortho nitro benzene ring substituents is 1. The molecule has 0 heterocycles. The smallest absolute Gasteiger partial charge is 0.269 e. The number of nitrogens with zero attached hydrogens (tertiary/aromatic N) is 2. The van der Waals surface area contributed by atoms with Crippen LogP contribution in [-0.4, -0.2) is 15.8 Å². The lowest BCUT2D eigenvalue weighted by molar-refractivity contribution is -0.384. The lowest BCUT2D eigenvalue weighted by Gasteiger charge is -1.96. The van der Waals surface area contributed by atoms with Gasteiger partial charge in [-0.3, -0.25) is 10.1 Å². The van der Waals surface area contributed by atoms with E-state index in [2.05, 4.69) is 5.16 Å². The highest BCUT2D eigenvalue weighted by atomic mass is 16.6. The molecule has 0 aromatic heterocycles. The van der Waals surface area contributed by atoms with E-state index in [0.29, 0.717) is 11.3 Å². The third kappa shape index (κ3) is 2.02. The minimum absolute atomic E-state index is 0.0227. The van der Waals surface area contributed by atoms with Crippen LogP contribution >= 0.6 is 0 Å². The van der Waals surface area contributed by atoms with Crippen molar-refractivity contribution in [2.75, 3.05) is 0 Å². The molecule has 13 heavy (non-hydrogen) atoms. The van der Waals surface area contributed by atoms with Crippen LogP contribution in [0, 0.1) is 10.1 Å². The zero-order chi connectivity index (χ0) is 9.84. The summed E-state index contributed by atoms with van der Waals surface area (Å²) in [7, 11) is 0. The fraction of sp³-hybridized carbons (Fsp3) is 0.125. The SMILES string of the molecule is CC(=NO)c1ccc([N+](=O)[O-])cc1. The van der Waals surface area contributed by atoms with E-state index in [1.54, 1.807) is 6.92 Å². The summed E-state index contributed by atoms with van der Waals surface area (Å²) in [5.74, 6) is 0. The van der Waals surface area contributed by atoms with E-state index in [0.717, 1.165) is 0 Å². The Morgan fingerprint density at radius 2 is 2.00 bits per heavy atom. The third-order valence-corrected chi connectivity index (χ3v) is 1.65. The highest BCUT2D eigenvalue weighted by Gasteiger charge is 2.04. The first kappa shape index (κ1) is 9.18. The normalized spacial score (nSPS) is 11.3. The largest absolute Gasteiger partial charge is 0.411 e. The average Bonchev–Trinajstić information content (AvgIpc) is 2.17. The van der Waals surface area contributed by atoms with Crippen molar-refractivity contribution in [3.05, 3.63) is 39.9 Å². The fourth-order valence-electron chi connectivity index (χ4n) is 0.882. The number of hydrogen-bond acceptors (Lipinski definition) is 4. The first-order valence-corrected chi connectivity index (χ1v) is 3.58. The van der Waals surface area contributed by atoms with E-state index < -0.39 is 4.92 Å². The molecule has 5 heteroatoms. The molecule has 0 atom stereocenters. The number of rotatable bonds is 2. The minimum atomic E-state index is -0.477. The summed E-state index contributed by atoms with van der Waals surface area (Å²) in [6.45, 7) is 1.61. The molecular weight excluding hydrogens is 172 g/mol. The lowest BCUT2D eigenvalue weighted by Crippen LogP contribution is -1.94. The molecular formula is C8H8N2O3. The Labute approximate surface area is 74.5 Å². The number of benzene rings is 1. The van der Waals surface area contributed by atoms with Crippen molar-refractivity contribution < 1.29 is 10.1 Å².